The Bertz CT molecular complexity index is 479. The zero-order chi connectivity index (χ0) is 14.4. The first-order valence-electron chi connectivity index (χ1n) is 5.53. The number of nitrogens with one attached hydrogen (secondary N) is 1. The Kier molecular flexibility index (Phi) is 5.92. The van der Waals surface area contributed by atoms with Crippen LogP contribution in [0.3, 0.4) is 0 Å². The zero-order valence-corrected chi connectivity index (χ0v) is 11.9. The van der Waals surface area contributed by atoms with E-state index >= 15 is 0 Å². The highest BCUT2D eigenvalue weighted by Crippen LogP contribution is 2.25. The second-order valence-corrected chi connectivity index (χ2v) is 4.37. The first-order valence-corrected chi connectivity index (χ1v) is 6.29. The summed E-state index contributed by atoms with van der Waals surface area (Å²) in [5.74, 6) is -0.605. The summed E-state index contributed by atoms with van der Waals surface area (Å²) in [6.07, 6.45) is -1.76. The van der Waals surface area contributed by atoms with Gasteiger partial charge >= 0.3 is 12.1 Å². The predicted octanol–water partition coefficient (Wildman–Crippen LogP) is 3.49. The molecule has 0 radical (unpaired) electrons. The van der Waals surface area contributed by atoms with Gasteiger partial charge in [0, 0.05) is 5.69 Å². The van der Waals surface area contributed by atoms with E-state index in [0.29, 0.717) is 15.7 Å². The molecule has 0 aromatic heterocycles. The van der Waals surface area contributed by atoms with Crippen molar-refractivity contribution in [3.8, 4) is 0 Å². The molecule has 0 heterocycles. The molecule has 1 rings (SSSR count). The minimum atomic E-state index is -0.984. The maximum atomic E-state index is 11.5. The van der Waals surface area contributed by atoms with Crippen LogP contribution in [-0.4, -0.2) is 24.8 Å². The van der Waals surface area contributed by atoms with Crippen LogP contribution < -0.4 is 5.32 Å². The number of carbonyl (C=O) groups is 2. The van der Waals surface area contributed by atoms with E-state index in [1.165, 1.54) is 19.1 Å². The maximum Gasteiger partial charge on any atom is 0.412 e. The van der Waals surface area contributed by atoms with Gasteiger partial charge in [0.05, 0.1) is 16.7 Å². The predicted molar refractivity (Wildman–Crippen MR) is 72.7 cm³/mol. The van der Waals surface area contributed by atoms with Crippen LogP contribution in [0.1, 0.15) is 13.8 Å². The third-order valence-electron chi connectivity index (χ3n) is 2.07. The maximum absolute atomic E-state index is 11.5. The Labute approximate surface area is 120 Å². The SMILES string of the molecule is CCOC(=O)C(C)OC(=O)Nc1ccc(Cl)c(Cl)c1. The van der Waals surface area contributed by atoms with E-state index in [4.69, 9.17) is 32.7 Å². The highest BCUT2D eigenvalue weighted by atomic mass is 35.5. The van der Waals surface area contributed by atoms with Gasteiger partial charge in [-0.25, -0.2) is 9.59 Å². The molecule has 0 saturated carbocycles. The van der Waals surface area contributed by atoms with Gasteiger partial charge in [0.15, 0.2) is 6.10 Å². The van der Waals surface area contributed by atoms with E-state index in [1.54, 1.807) is 13.0 Å². The van der Waals surface area contributed by atoms with E-state index < -0.39 is 18.2 Å². The molecule has 0 spiro atoms. The average molecular weight is 306 g/mol. The van der Waals surface area contributed by atoms with Crippen molar-refractivity contribution in [3.63, 3.8) is 0 Å². The molecule has 0 aliphatic heterocycles. The molecule has 1 N–H and O–H groups in total. The van der Waals surface area contributed by atoms with Gasteiger partial charge in [-0.05, 0) is 32.0 Å². The lowest BCUT2D eigenvalue weighted by Crippen LogP contribution is -2.28. The highest BCUT2D eigenvalue weighted by Gasteiger charge is 2.18. The number of hydrogen-bond donors (Lipinski definition) is 1. The van der Waals surface area contributed by atoms with Gasteiger partial charge in [0.25, 0.3) is 0 Å². The van der Waals surface area contributed by atoms with E-state index in [2.05, 4.69) is 5.32 Å². The van der Waals surface area contributed by atoms with Crippen molar-refractivity contribution < 1.29 is 19.1 Å². The van der Waals surface area contributed by atoms with Gasteiger partial charge in [-0.15, -0.1) is 0 Å². The molecule has 7 heteroatoms. The van der Waals surface area contributed by atoms with E-state index in [0.717, 1.165) is 0 Å². The monoisotopic (exact) mass is 305 g/mol. The molecule has 0 aliphatic rings. The second-order valence-electron chi connectivity index (χ2n) is 3.55. The van der Waals surface area contributed by atoms with E-state index in [9.17, 15) is 9.59 Å². The molecule has 1 atom stereocenters. The average Bonchev–Trinajstić information content (AvgIpc) is 2.34. The van der Waals surface area contributed by atoms with Crippen molar-refractivity contribution in [1.82, 2.24) is 0 Å². The topological polar surface area (TPSA) is 64.6 Å². The normalized spacial score (nSPS) is 11.6. The third-order valence-corrected chi connectivity index (χ3v) is 2.81. The Balaban J connectivity index is 2.55. The minimum Gasteiger partial charge on any atom is -0.463 e. The van der Waals surface area contributed by atoms with Crippen LogP contribution in [0.15, 0.2) is 18.2 Å². The molecule has 0 fully saturated rings. The molecule has 0 bridgehead atoms. The number of halogens is 2. The van der Waals surface area contributed by atoms with Crippen LogP contribution in [0, 0.1) is 0 Å². The molecule has 5 nitrogen and oxygen atoms in total. The summed E-state index contributed by atoms with van der Waals surface area (Å²) in [5, 5.41) is 3.10. The third kappa shape index (κ3) is 4.96. The molecule has 104 valence electrons. The molecule has 0 aliphatic carbocycles. The van der Waals surface area contributed by atoms with Crippen LogP contribution in [0.2, 0.25) is 10.0 Å². The van der Waals surface area contributed by atoms with Crippen molar-refractivity contribution in [2.24, 2.45) is 0 Å². The van der Waals surface area contributed by atoms with E-state index in [-0.39, 0.29) is 6.61 Å². The van der Waals surface area contributed by atoms with Gasteiger partial charge < -0.3 is 9.47 Å². The van der Waals surface area contributed by atoms with Crippen molar-refractivity contribution in [3.05, 3.63) is 28.2 Å². The van der Waals surface area contributed by atoms with Crippen molar-refractivity contribution in [1.29, 1.82) is 0 Å². The quantitative estimate of drug-likeness (QED) is 0.865. The number of anilines is 1. The van der Waals surface area contributed by atoms with Gasteiger partial charge in [-0.1, -0.05) is 23.2 Å². The number of ether oxygens (including phenoxy) is 2. The lowest BCUT2D eigenvalue weighted by molar-refractivity contribution is -0.151. The Morgan fingerprint density at radius 1 is 1.32 bits per heavy atom. The summed E-state index contributed by atoms with van der Waals surface area (Å²) in [5.41, 5.74) is 0.412. The van der Waals surface area contributed by atoms with Gasteiger partial charge in [-0.3, -0.25) is 5.32 Å². The van der Waals surface area contributed by atoms with Crippen LogP contribution in [0.4, 0.5) is 10.5 Å². The molecule has 1 unspecified atom stereocenters. The summed E-state index contributed by atoms with van der Waals surface area (Å²) in [4.78, 5) is 22.8. The fourth-order valence-corrected chi connectivity index (χ4v) is 1.49. The fourth-order valence-electron chi connectivity index (χ4n) is 1.19. The molecule has 0 saturated heterocycles. The molecular formula is C12H13Cl2NO4. The Morgan fingerprint density at radius 2 is 2.00 bits per heavy atom. The molecule has 1 aromatic rings. The Morgan fingerprint density at radius 3 is 2.58 bits per heavy atom. The summed E-state index contributed by atoms with van der Waals surface area (Å²) in [6, 6.07) is 4.57. The van der Waals surface area contributed by atoms with Crippen LogP contribution in [0.25, 0.3) is 0 Å². The van der Waals surface area contributed by atoms with Gasteiger partial charge in [0.1, 0.15) is 0 Å². The van der Waals surface area contributed by atoms with Crippen molar-refractivity contribution in [2.45, 2.75) is 20.0 Å². The number of hydrogen-bond acceptors (Lipinski definition) is 4. The van der Waals surface area contributed by atoms with Crippen LogP contribution in [0.5, 0.6) is 0 Å². The van der Waals surface area contributed by atoms with Gasteiger partial charge in [0.2, 0.25) is 0 Å². The van der Waals surface area contributed by atoms with Crippen molar-refractivity contribution >= 4 is 41.0 Å². The van der Waals surface area contributed by atoms with Crippen LogP contribution >= 0.6 is 23.2 Å². The smallest absolute Gasteiger partial charge is 0.412 e. The number of rotatable bonds is 4. The number of carbonyl (C=O) groups excluding carboxylic acids is 2. The van der Waals surface area contributed by atoms with Crippen molar-refractivity contribution in [2.75, 3.05) is 11.9 Å². The summed E-state index contributed by atoms with van der Waals surface area (Å²) in [7, 11) is 0. The first kappa shape index (κ1) is 15.6. The summed E-state index contributed by atoms with van der Waals surface area (Å²) in [6.45, 7) is 3.31. The lowest BCUT2D eigenvalue weighted by Gasteiger charge is -2.12. The highest BCUT2D eigenvalue weighted by molar-refractivity contribution is 6.42. The molecule has 19 heavy (non-hydrogen) atoms. The summed E-state index contributed by atoms with van der Waals surface area (Å²) < 4.78 is 9.55. The largest absolute Gasteiger partial charge is 0.463 e. The fraction of sp³-hybridized carbons (Fsp3) is 0.333. The summed E-state index contributed by atoms with van der Waals surface area (Å²) >= 11 is 11.5. The van der Waals surface area contributed by atoms with Crippen LogP contribution in [-0.2, 0) is 14.3 Å². The van der Waals surface area contributed by atoms with Gasteiger partial charge in [-0.2, -0.15) is 0 Å². The number of esters is 1. The molecular weight excluding hydrogens is 293 g/mol. The molecule has 1 aromatic carbocycles. The molecule has 1 amide bonds. The standard InChI is InChI=1S/C12H13Cl2NO4/c1-3-18-11(16)7(2)19-12(17)15-8-4-5-9(13)10(14)6-8/h4-7H,3H2,1-2H3,(H,15,17). The first-order chi connectivity index (χ1) is 8.93. The Hall–Kier alpha value is -1.46. The second kappa shape index (κ2) is 7.21. The number of amides is 1. The zero-order valence-electron chi connectivity index (χ0n) is 10.4. The lowest BCUT2D eigenvalue weighted by atomic mass is 10.3. The number of benzene rings is 1. The van der Waals surface area contributed by atoms with E-state index in [1.807, 2.05) is 0 Å². The minimum absolute atomic E-state index is 0.223.